The fourth-order valence-corrected chi connectivity index (χ4v) is 3.80. The van der Waals surface area contributed by atoms with E-state index in [-0.39, 0.29) is 0 Å². The predicted octanol–water partition coefficient (Wildman–Crippen LogP) is 4.13. The van der Waals surface area contributed by atoms with Crippen molar-refractivity contribution >= 4 is 33.8 Å². The van der Waals surface area contributed by atoms with Gasteiger partial charge in [-0.25, -0.2) is 4.98 Å². The van der Waals surface area contributed by atoms with Crippen molar-refractivity contribution < 1.29 is 0 Å². The monoisotopic (exact) mass is 368 g/mol. The van der Waals surface area contributed by atoms with E-state index in [1.807, 2.05) is 43.7 Å². The average molecular weight is 368 g/mol. The first-order chi connectivity index (χ1) is 13.6. The molecule has 6 heteroatoms. The van der Waals surface area contributed by atoms with Gasteiger partial charge in [0.25, 0.3) is 0 Å². The molecule has 1 aromatic carbocycles. The molecule has 1 aliphatic heterocycles. The Morgan fingerprint density at radius 2 is 1.79 bits per heavy atom. The molecule has 5 rings (SSSR count). The lowest BCUT2D eigenvalue weighted by Crippen LogP contribution is -2.24. The third kappa shape index (κ3) is 2.53. The van der Waals surface area contributed by atoms with Gasteiger partial charge in [-0.1, -0.05) is 6.07 Å². The van der Waals surface area contributed by atoms with Crippen molar-refractivity contribution in [2.45, 2.75) is 6.92 Å². The van der Waals surface area contributed by atoms with E-state index >= 15 is 0 Å². The third-order valence-electron chi connectivity index (χ3n) is 5.24. The van der Waals surface area contributed by atoms with Crippen LogP contribution in [0.4, 0.5) is 22.9 Å². The van der Waals surface area contributed by atoms with Crippen LogP contribution in [0.3, 0.4) is 0 Å². The molecule has 0 radical (unpaired) electrons. The van der Waals surface area contributed by atoms with Crippen LogP contribution in [-0.4, -0.2) is 28.7 Å². The summed E-state index contributed by atoms with van der Waals surface area (Å²) in [4.78, 5) is 17.9. The molecule has 0 fully saturated rings. The highest BCUT2D eigenvalue weighted by molar-refractivity contribution is 6.04. The fourth-order valence-electron chi connectivity index (χ4n) is 3.80. The number of hydrogen-bond donors (Lipinski definition) is 1. The van der Waals surface area contributed by atoms with Gasteiger partial charge in [-0.3, -0.25) is 9.97 Å². The first kappa shape index (κ1) is 16.5. The van der Waals surface area contributed by atoms with Crippen LogP contribution in [0.15, 0.2) is 61.1 Å². The minimum atomic E-state index is 0.520. The summed E-state index contributed by atoms with van der Waals surface area (Å²) in [5.74, 6) is 0.520. The van der Waals surface area contributed by atoms with E-state index in [1.54, 1.807) is 0 Å². The van der Waals surface area contributed by atoms with Crippen LogP contribution in [0.5, 0.6) is 0 Å². The van der Waals surface area contributed by atoms with Gasteiger partial charge in [0.15, 0.2) is 0 Å². The second-order valence-electron chi connectivity index (χ2n) is 7.07. The molecular weight excluding hydrogens is 348 g/mol. The van der Waals surface area contributed by atoms with Gasteiger partial charge in [-0.15, -0.1) is 0 Å². The number of pyridine rings is 3. The Morgan fingerprint density at radius 3 is 2.57 bits per heavy atom. The summed E-state index contributed by atoms with van der Waals surface area (Å²) < 4.78 is 0. The van der Waals surface area contributed by atoms with Crippen molar-refractivity contribution in [3.63, 3.8) is 0 Å². The molecule has 4 aromatic rings. The standard InChI is InChI=1S/C22H20N6/c1-14-19(4-3-9-24-14)28-13-27(2)20-12-25-18-7-5-15(10-17(18)22(20)28)16-6-8-21(23)26-11-16/h3-12H,13H2,1-2H3,(H2,23,26). The van der Waals surface area contributed by atoms with E-state index in [1.165, 1.54) is 0 Å². The molecule has 2 N–H and O–H groups in total. The van der Waals surface area contributed by atoms with E-state index < -0.39 is 0 Å². The number of aryl methyl sites for hydroxylation is 1. The summed E-state index contributed by atoms with van der Waals surface area (Å²) in [5, 5.41) is 1.11. The second kappa shape index (κ2) is 6.20. The SMILES string of the molecule is Cc1ncccc1N1CN(C)c2cnc3ccc(-c4ccc(N)nc4)cc3c21. The third-order valence-corrected chi connectivity index (χ3v) is 5.24. The zero-order valence-corrected chi connectivity index (χ0v) is 15.8. The lowest BCUT2D eigenvalue weighted by molar-refractivity contribution is 0.939. The van der Waals surface area contributed by atoms with Gasteiger partial charge >= 0.3 is 0 Å². The zero-order chi connectivity index (χ0) is 19.3. The molecule has 6 nitrogen and oxygen atoms in total. The van der Waals surface area contributed by atoms with Gasteiger partial charge in [0.05, 0.1) is 41.1 Å². The van der Waals surface area contributed by atoms with Crippen LogP contribution in [0.2, 0.25) is 0 Å². The number of fused-ring (bicyclic) bond motifs is 3. The minimum absolute atomic E-state index is 0.520. The number of aromatic nitrogens is 3. The molecule has 28 heavy (non-hydrogen) atoms. The number of benzene rings is 1. The molecule has 1 aliphatic rings. The van der Waals surface area contributed by atoms with Gasteiger partial charge in [0.1, 0.15) is 5.82 Å². The maximum absolute atomic E-state index is 5.74. The summed E-state index contributed by atoms with van der Waals surface area (Å²) in [6.45, 7) is 2.80. The van der Waals surface area contributed by atoms with Crippen LogP contribution in [0.1, 0.15) is 5.69 Å². The van der Waals surface area contributed by atoms with Crippen molar-refractivity contribution in [2.75, 3.05) is 29.2 Å². The van der Waals surface area contributed by atoms with Crippen LogP contribution in [-0.2, 0) is 0 Å². The topological polar surface area (TPSA) is 71.2 Å². The second-order valence-corrected chi connectivity index (χ2v) is 7.07. The highest BCUT2D eigenvalue weighted by Crippen LogP contribution is 2.45. The van der Waals surface area contributed by atoms with Crippen LogP contribution in [0.25, 0.3) is 22.0 Å². The maximum Gasteiger partial charge on any atom is 0.123 e. The summed E-state index contributed by atoms with van der Waals surface area (Å²) >= 11 is 0. The lowest BCUT2D eigenvalue weighted by Gasteiger charge is -2.21. The Kier molecular flexibility index (Phi) is 3.65. The molecule has 0 amide bonds. The largest absolute Gasteiger partial charge is 0.384 e. The quantitative estimate of drug-likeness (QED) is 0.574. The molecule has 0 saturated carbocycles. The highest BCUT2D eigenvalue weighted by Gasteiger charge is 2.28. The van der Waals surface area contributed by atoms with Crippen molar-refractivity contribution in [3.8, 4) is 11.1 Å². The summed E-state index contributed by atoms with van der Waals surface area (Å²) in [6.07, 6.45) is 5.59. The molecule has 0 unspecified atom stereocenters. The molecule has 0 spiro atoms. The van der Waals surface area contributed by atoms with E-state index in [2.05, 4.69) is 56.1 Å². The number of nitrogens with zero attached hydrogens (tertiary/aromatic N) is 5. The van der Waals surface area contributed by atoms with Crippen LogP contribution in [0, 0.1) is 6.92 Å². The van der Waals surface area contributed by atoms with E-state index in [0.717, 1.165) is 51.5 Å². The molecular formula is C22H20N6. The van der Waals surface area contributed by atoms with Crippen LogP contribution < -0.4 is 15.5 Å². The number of nitrogen functional groups attached to an aromatic ring is 1. The molecule has 0 atom stereocenters. The predicted molar refractivity (Wildman–Crippen MR) is 114 cm³/mol. The molecule has 3 aromatic heterocycles. The Morgan fingerprint density at radius 1 is 0.929 bits per heavy atom. The molecule has 0 saturated heterocycles. The van der Waals surface area contributed by atoms with E-state index in [0.29, 0.717) is 5.82 Å². The summed E-state index contributed by atoms with van der Waals surface area (Å²) in [6, 6.07) is 14.2. The van der Waals surface area contributed by atoms with E-state index in [4.69, 9.17) is 5.73 Å². The number of rotatable bonds is 2. The molecule has 4 heterocycles. The lowest BCUT2D eigenvalue weighted by atomic mass is 10.0. The van der Waals surface area contributed by atoms with Crippen molar-refractivity contribution in [1.29, 1.82) is 0 Å². The molecule has 138 valence electrons. The normalized spacial score (nSPS) is 13.2. The van der Waals surface area contributed by atoms with Crippen molar-refractivity contribution in [2.24, 2.45) is 0 Å². The van der Waals surface area contributed by atoms with Gasteiger partial charge < -0.3 is 15.5 Å². The average Bonchev–Trinajstić information content (AvgIpc) is 3.05. The molecule has 0 aliphatic carbocycles. The minimum Gasteiger partial charge on any atom is -0.384 e. The number of nitrogens with two attached hydrogens (primary N) is 1. The van der Waals surface area contributed by atoms with Crippen molar-refractivity contribution in [1.82, 2.24) is 15.0 Å². The van der Waals surface area contributed by atoms with E-state index in [9.17, 15) is 0 Å². The maximum atomic E-state index is 5.74. The number of anilines is 4. The highest BCUT2D eigenvalue weighted by atomic mass is 15.4. The first-order valence-corrected chi connectivity index (χ1v) is 9.17. The Balaban J connectivity index is 1.73. The van der Waals surface area contributed by atoms with Crippen LogP contribution >= 0.6 is 0 Å². The summed E-state index contributed by atoms with van der Waals surface area (Å²) in [7, 11) is 2.09. The Bertz CT molecular complexity index is 1190. The summed E-state index contributed by atoms with van der Waals surface area (Å²) in [5.41, 5.74) is 13.2. The number of hydrogen-bond acceptors (Lipinski definition) is 6. The van der Waals surface area contributed by atoms with Crippen molar-refractivity contribution in [3.05, 3.63) is 66.7 Å². The Labute approximate surface area is 163 Å². The Hall–Kier alpha value is -3.67. The fraction of sp³-hybridized carbons (Fsp3) is 0.136. The first-order valence-electron chi connectivity index (χ1n) is 9.17. The van der Waals surface area contributed by atoms with Gasteiger partial charge in [-0.05, 0) is 48.9 Å². The van der Waals surface area contributed by atoms with Gasteiger partial charge in [0.2, 0.25) is 0 Å². The smallest absolute Gasteiger partial charge is 0.123 e. The van der Waals surface area contributed by atoms with Gasteiger partial charge in [-0.2, -0.15) is 0 Å². The zero-order valence-electron chi connectivity index (χ0n) is 15.8. The molecule has 0 bridgehead atoms. The van der Waals surface area contributed by atoms with Gasteiger partial charge in [0, 0.05) is 30.4 Å².